The number of rotatable bonds is 4. The second kappa shape index (κ2) is 7.29. The van der Waals surface area contributed by atoms with Crippen molar-refractivity contribution in [2.24, 2.45) is 0 Å². The molecule has 116 valence electrons. The number of piperidine rings is 1. The van der Waals surface area contributed by atoms with Crippen molar-refractivity contribution in [3.8, 4) is 0 Å². The standard InChI is InChI=1S/C16H26N4O/c1-14-10-18-15(11-17-14)12-20-5-3-2-4-16(20)13-19-6-8-21-9-7-19/h10-11,16H,2-9,12-13H2,1H3. The number of aromatic nitrogens is 2. The quantitative estimate of drug-likeness (QED) is 0.840. The molecule has 0 bridgehead atoms. The van der Waals surface area contributed by atoms with E-state index < -0.39 is 0 Å². The summed E-state index contributed by atoms with van der Waals surface area (Å²) in [6, 6.07) is 0.653. The minimum atomic E-state index is 0.653. The number of hydrogen-bond donors (Lipinski definition) is 0. The molecule has 5 nitrogen and oxygen atoms in total. The predicted octanol–water partition coefficient (Wildman–Crippen LogP) is 1.47. The van der Waals surface area contributed by atoms with Gasteiger partial charge in [0.15, 0.2) is 0 Å². The lowest BCUT2D eigenvalue weighted by molar-refractivity contribution is 0.0151. The normalized spacial score (nSPS) is 25.1. The van der Waals surface area contributed by atoms with Gasteiger partial charge < -0.3 is 4.74 Å². The molecule has 3 rings (SSSR count). The topological polar surface area (TPSA) is 41.5 Å². The zero-order valence-electron chi connectivity index (χ0n) is 13.0. The summed E-state index contributed by atoms with van der Waals surface area (Å²) in [5, 5.41) is 0. The van der Waals surface area contributed by atoms with Crippen LogP contribution in [0.3, 0.4) is 0 Å². The van der Waals surface area contributed by atoms with E-state index in [9.17, 15) is 0 Å². The first-order chi connectivity index (χ1) is 10.3. The van der Waals surface area contributed by atoms with Crippen molar-refractivity contribution in [1.29, 1.82) is 0 Å². The summed E-state index contributed by atoms with van der Waals surface area (Å²) in [6.07, 6.45) is 7.76. The molecule has 0 amide bonds. The zero-order chi connectivity index (χ0) is 14.5. The fourth-order valence-corrected chi connectivity index (χ4v) is 3.27. The van der Waals surface area contributed by atoms with Gasteiger partial charge in [-0.05, 0) is 26.3 Å². The molecule has 0 saturated carbocycles. The second-order valence-corrected chi connectivity index (χ2v) is 6.18. The Hall–Kier alpha value is -1.04. The van der Waals surface area contributed by atoms with Gasteiger partial charge in [-0.1, -0.05) is 6.42 Å². The van der Waals surface area contributed by atoms with Gasteiger partial charge in [0.1, 0.15) is 0 Å². The van der Waals surface area contributed by atoms with E-state index in [2.05, 4.69) is 19.8 Å². The molecule has 2 saturated heterocycles. The maximum atomic E-state index is 5.45. The molecule has 2 aliphatic heterocycles. The maximum Gasteiger partial charge on any atom is 0.0727 e. The van der Waals surface area contributed by atoms with E-state index in [0.717, 1.165) is 44.2 Å². The number of nitrogens with zero attached hydrogens (tertiary/aromatic N) is 4. The lowest BCUT2D eigenvalue weighted by Crippen LogP contribution is -2.49. The third kappa shape index (κ3) is 4.22. The molecular weight excluding hydrogens is 264 g/mol. The molecule has 0 N–H and O–H groups in total. The Kier molecular flexibility index (Phi) is 5.17. The first-order valence-electron chi connectivity index (χ1n) is 8.13. The first kappa shape index (κ1) is 14.9. The zero-order valence-corrected chi connectivity index (χ0v) is 13.0. The van der Waals surface area contributed by atoms with Crippen LogP contribution in [0.25, 0.3) is 0 Å². The number of likely N-dealkylation sites (tertiary alicyclic amines) is 1. The van der Waals surface area contributed by atoms with Crippen LogP contribution < -0.4 is 0 Å². The molecular formula is C16H26N4O. The summed E-state index contributed by atoms with van der Waals surface area (Å²) in [5.41, 5.74) is 2.08. The van der Waals surface area contributed by atoms with Crippen LogP contribution in [0.1, 0.15) is 30.7 Å². The van der Waals surface area contributed by atoms with Crippen LogP contribution in [0.5, 0.6) is 0 Å². The minimum Gasteiger partial charge on any atom is -0.379 e. The fraction of sp³-hybridized carbons (Fsp3) is 0.750. The smallest absolute Gasteiger partial charge is 0.0727 e. The largest absolute Gasteiger partial charge is 0.379 e. The molecule has 0 aromatic carbocycles. The summed E-state index contributed by atoms with van der Waals surface area (Å²) < 4.78 is 5.45. The molecule has 1 unspecified atom stereocenters. The highest BCUT2D eigenvalue weighted by molar-refractivity contribution is 5.01. The summed E-state index contributed by atoms with van der Waals surface area (Å²) >= 11 is 0. The van der Waals surface area contributed by atoms with Crippen LogP contribution in [0, 0.1) is 6.92 Å². The van der Waals surface area contributed by atoms with E-state index in [4.69, 9.17) is 4.74 Å². The van der Waals surface area contributed by atoms with Gasteiger partial charge in [0.2, 0.25) is 0 Å². The molecule has 3 heterocycles. The highest BCUT2D eigenvalue weighted by Gasteiger charge is 2.25. The SMILES string of the molecule is Cc1cnc(CN2CCCCC2CN2CCOCC2)cn1. The molecule has 0 aliphatic carbocycles. The number of ether oxygens (including phenoxy) is 1. The van der Waals surface area contributed by atoms with Gasteiger partial charge in [-0.3, -0.25) is 19.8 Å². The van der Waals surface area contributed by atoms with Crippen LogP contribution in [0.15, 0.2) is 12.4 Å². The molecule has 5 heteroatoms. The third-order valence-corrected chi connectivity index (χ3v) is 4.52. The van der Waals surface area contributed by atoms with E-state index in [1.165, 1.54) is 32.4 Å². The summed E-state index contributed by atoms with van der Waals surface area (Å²) in [4.78, 5) is 14.0. The molecule has 0 radical (unpaired) electrons. The van der Waals surface area contributed by atoms with Crippen molar-refractivity contribution >= 4 is 0 Å². The van der Waals surface area contributed by atoms with Crippen LogP contribution in [0.4, 0.5) is 0 Å². The van der Waals surface area contributed by atoms with Crippen LogP contribution in [0.2, 0.25) is 0 Å². The van der Waals surface area contributed by atoms with E-state index in [1.807, 2.05) is 19.3 Å². The van der Waals surface area contributed by atoms with E-state index in [-0.39, 0.29) is 0 Å². The van der Waals surface area contributed by atoms with Gasteiger partial charge in [-0.25, -0.2) is 0 Å². The van der Waals surface area contributed by atoms with Crippen LogP contribution in [-0.4, -0.2) is 65.2 Å². The Balaban J connectivity index is 1.59. The van der Waals surface area contributed by atoms with Crippen LogP contribution in [-0.2, 0) is 11.3 Å². The Bertz CT molecular complexity index is 430. The van der Waals surface area contributed by atoms with Crippen LogP contribution >= 0.6 is 0 Å². The van der Waals surface area contributed by atoms with Gasteiger partial charge in [-0.15, -0.1) is 0 Å². The molecule has 1 atom stereocenters. The number of hydrogen-bond acceptors (Lipinski definition) is 5. The van der Waals surface area contributed by atoms with Gasteiger partial charge >= 0.3 is 0 Å². The van der Waals surface area contributed by atoms with E-state index in [0.29, 0.717) is 6.04 Å². The van der Waals surface area contributed by atoms with Gasteiger partial charge in [0, 0.05) is 44.6 Å². The summed E-state index contributed by atoms with van der Waals surface area (Å²) in [5.74, 6) is 0. The third-order valence-electron chi connectivity index (χ3n) is 4.52. The second-order valence-electron chi connectivity index (χ2n) is 6.18. The van der Waals surface area contributed by atoms with Crippen molar-refractivity contribution in [1.82, 2.24) is 19.8 Å². The monoisotopic (exact) mass is 290 g/mol. The Morgan fingerprint density at radius 2 is 2.00 bits per heavy atom. The molecule has 2 aliphatic rings. The van der Waals surface area contributed by atoms with E-state index in [1.54, 1.807) is 0 Å². The Morgan fingerprint density at radius 1 is 1.14 bits per heavy atom. The van der Waals surface area contributed by atoms with Crippen molar-refractivity contribution < 1.29 is 4.74 Å². The van der Waals surface area contributed by atoms with Crippen molar-refractivity contribution in [3.63, 3.8) is 0 Å². The number of morpholine rings is 1. The van der Waals surface area contributed by atoms with E-state index >= 15 is 0 Å². The first-order valence-corrected chi connectivity index (χ1v) is 8.13. The molecule has 0 spiro atoms. The predicted molar refractivity (Wildman–Crippen MR) is 82.1 cm³/mol. The highest BCUT2D eigenvalue weighted by Crippen LogP contribution is 2.20. The lowest BCUT2D eigenvalue weighted by Gasteiger charge is -2.39. The lowest BCUT2D eigenvalue weighted by atomic mass is 10.0. The van der Waals surface area contributed by atoms with Crippen molar-refractivity contribution in [2.45, 2.75) is 38.8 Å². The summed E-state index contributed by atoms with van der Waals surface area (Å²) in [6.45, 7) is 9.20. The van der Waals surface area contributed by atoms with Gasteiger partial charge in [0.25, 0.3) is 0 Å². The maximum absolute atomic E-state index is 5.45. The molecule has 21 heavy (non-hydrogen) atoms. The Morgan fingerprint density at radius 3 is 2.76 bits per heavy atom. The average molecular weight is 290 g/mol. The van der Waals surface area contributed by atoms with Crippen molar-refractivity contribution in [2.75, 3.05) is 39.4 Å². The highest BCUT2D eigenvalue weighted by atomic mass is 16.5. The molecule has 2 fully saturated rings. The van der Waals surface area contributed by atoms with Gasteiger partial charge in [-0.2, -0.15) is 0 Å². The van der Waals surface area contributed by atoms with Crippen molar-refractivity contribution in [3.05, 3.63) is 23.8 Å². The molecule has 1 aromatic rings. The number of aryl methyl sites for hydroxylation is 1. The fourth-order valence-electron chi connectivity index (χ4n) is 3.27. The Labute approximate surface area is 127 Å². The molecule has 1 aromatic heterocycles. The summed E-state index contributed by atoms with van der Waals surface area (Å²) in [7, 11) is 0. The van der Waals surface area contributed by atoms with Gasteiger partial charge in [0.05, 0.1) is 24.6 Å². The average Bonchev–Trinajstić information content (AvgIpc) is 2.52. The minimum absolute atomic E-state index is 0.653.